The molecule has 8 nitrogen and oxygen atoms in total. The number of imidazole rings is 1. The zero-order chi connectivity index (χ0) is 22.7. The van der Waals surface area contributed by atoms with E-state index in [2.05, 4.69) is 25.2 Å². The van der Waals surface area contributed by atoms with E-state index in [1.165, 1.54) is 18.5 Å². The Morgan fingerprint density at radius 3 is 2.53 bits per heavy atom. The minimum Gasteiger partial charge on any atom is -0.382 e. The van der Waals surface area contributed by atoms with E-state index in [9.17, 15) is 18.0 Å². The third-order valence-electron chi connectivity index (χ3n) is 5.71. The molecule has 1 aliphatic heterocycles. The van der Waals surface area contributed by atoms with Gasteiger partial charge in [-0.25, -0.2) is 15.0 Å². The molecule has 2 aromatic heterocycles. The van der Waals surface area contributed by atoms with Crippen LogP contribution in [0.25, 0.3) is 11.2 Å². The van der Waals surface area contributed by atoms with Gasteiger partial charge in [-0.3, -0.25) is 9.69 Å². The third kappa shape index (κ3) is 4.82. The lowest BCUT2D eigenvalue weighted by Gasteiger charge is -2.28. The van der Waals surface area contributed by atoms with Crippen molar-refractivity contribution in [3.05, 3.63) is 48.0 Å². The Morgan fingerprint density at radius 1 is 1.12 bits per heavy atom. The van der Waals surface area contributed by atoms with Gasteiger partial charge in [-0.2, -0.15) is 13.2 Å². The molecule has 0 aliphatic carbocycles. The average molecular weight is 447 g/mol. The summed E-state index contributed by atoms with van der Waals surface area (Å²) in [5, 5.41) is 2.93. The summed E-state index contributed by atoms with van der Waals surface area (Å²) in [6.07, 6.45) is 0.810. The number of nitrogen functional groups attached to an aromatic ring is 1. The summed E-state index contributed by atoms with van der Waals surface area (Å²) in [5.41, 5.74) is 6.91. The Hall–Kier alpha value is -3.21. The zero-order valence-corrected chi connectivity index (χ0v) is 17.3. The molecule has 1 saturated heterocycles. The third-order valence-corrected chi connectivity index (χ3v) is 5.71. The number of benzene rings is 1. The molecule has 3 heterocycles. The highest BCUT2D eigenvalue weighted by atomic mass is 19.4. The highest BCUT2D eigenvalue weighted by Crippen LogP contribution is 2.31. The highest BCUT2D eigenvalue weighted by molar-refractivity contribution is 5.81. The number of nitrogens with zero attached hydrogens (tertiary/aromatic N) is 5. The maximum Gasteiger partial charge on any atom is 0.416 e. The molecular weight excluding hydrogens is 423 g/mol. The van der Waals surface area contributed by atoms with Crippen molar-refractivity contribution in [3.63, 3.8) is 0 Å². The van der Waals surface area contributed by atoms with Gasteiger partial charge in [0.1, 0.15) is 11.8 Å². The van der Waals surface area contributed by atoms with E-state index in [1.807, 2.05) is 0 Å². The standard InChI is InChI=1S/C21H24F3N7O/c22-21(23,24)15-5-3-14(4-6-15)16(30-8-1-2-9-30)11-26-17(32)7-10-31-13-29-18-19(25)27-12-28-20(18)31/h3-6,12-13,16H,1-2,7-11H2,(H,26,32)(H2,25,27,28). The van der Waals surface area contributed by atoms with Gasteiger partial charge >= 0.3 is 6.18 Å². The van der Waals surface area contributed by atoms with E-state index >= 15 is 0 Å². The number of nitrogens with two attached hydrogens (primary N) is 1. The molecule has 1 aliphatic rings. The van der Waals surface area contributed by atoms with Crippen molar-refractivity contribution in [1.29, 1.82) is 0 Å². The van der Waals surface area contributed by atoms with Crippen LogP contribution >= 0.6 is 0 Å². The second-order valence-electron chi connectivity index (χ2n) is 7.80. The average Bonchev–Trinajstić information content (AvgIpc) is 3.43. The van der Waals surface area contributed by atoms with Crippen molar-refractivity contribution in [2.75, 3.05) is 25.4 Å². The summed E-state index contributed by atoms with van der Waals surface area (Å²) in [6, 6.07) is 5.01. The Balaban J connectivity index is 1.39. The Kier molecular flexibility index (Phi) is 6.26. The molecule has 1 atom stereocenters. The molecular formula is C21H24F3N7O. The number of aromatic nitrogens is 4. The van der Waals surface area contributed by atoms with Gasteiger partial charge in [0.25, 0.3) is 0 Å². The van der Waals surface area contributed by atoms with Crippen molar-refractivity contribution in [2.45, 2.75) is 38.0 Å². The summed E-state index contributed by atoms with van der Waals surface area (Å²) in [4.78, 5) is 26.9. The number of likely N-dealkylation sites (tertiary alicyclic amines) is 1. The SMILES string of the molecule is Nc1ncnc2c1ncn2CCC(=O)NCC(c1ccc(C(F)(F)F)cc1)N1CCCC1. The van der Waals surface area contributed by atoms with E-state index in [0.717, 1.165) is 43.6 Å². The maximum atomic E-state index is 12.9. The second-order valence-corrected chi connectivity index (χ2v) is 7.80. The monoisotopic (exact) mass is 447 g/mol. The maximum absolute atomic E-state index is 12.9. The number of alkyl halides is 3. The summed E-state index contributed by atoms with van der Waals surface area (Å²) in [7, 11) is 0. The molecule has 1 fully saturated rings. The van der Waals surface area contributed by atoms with Gasteiger partial charge < -0.3 is 15.6 Å². The fraction of sp³-hybridized carbons (Fsp3) is 0.429. The number of hydrogen-bond acceptors (Lipinski definition) is 6. The van der Waals surface area contributed by atoms with Crippen LogP contribution in [0, 0.1) is 0 Å². The molecule has 0 saturated carbocycles. The van der Waals surface area contributed by atoms with Crippen LogP contribution < -0.4 is 11.1 Å². The highest BCUT2D eigenvalue weighted by Gasteiger charge is 2.31. The van der Waals surface area contributed by atoms with Crippen LogP contribution in [0.2, 0.25) is 0 Å². The molecule has 170 valence electrons. The molecule has 32 heavy (non-hydrogen) atoms. The number of amides is 1. The molecule has 1 amide bonds. The lowest BCUT2D eigenvalue weighted by molar-refractivity contribution is -0.137. The first-order chi connectivity index (χ1) is 15.3. The molecule has 0 radical (unpaired) electrons. The Morgan fingerprint density at radius 2 is 1.84 bits per heavy atom. The van der Waals surface area contributed by atoms with Crippen LogP contribution in [0.3, 0.4) is 0 Å². The summed E-state index contributed by atoms with van der Waals surface area (Å²) in [6.45, 7) is 2.39. The normalized spacial score (nSPS) is 15.8. The van der Waals surface area contributed by atoms with E-state index < -0.39 is 11.7 Å². The number of halogens is 3. The van der Waals surface area contributed by atoms with Gasteiger partial charge in [-0.1, -0.05) is 12.1 Å². The summed E-state index contributed by atoms with van der Waals surface area (Å²) >= 11 is 0. The molecule has 0 spiro atoms. The first-order valence-electron chi connectivity index (χ1n) is 10.4. The van der Waals surface area contributed by atoms with E-state index in [0.29, 0.717) is 24.3 Å². The first-order valence-corrected chi connectivity index (χ1v) is 10.4. The van der Waals surface area contributed by atoms with Gasteiger partial charge in [-0.05, 0) is 43.6 Å². The molecule has 11 heteroatoms. The topological polar surface area (TPSA) is 102 Å². The number of hydrogen-bond donors (Lipinski definition) is 2. The predicted octanol–water partition coefficient (Wildman–Crippen LogP) is 2.77. The van der Waals surface area contributed by atoms with Crippen molar-refractivity contribution in [1.82, 2.24) is 29.7 Å². The number of nitrogens with one attached hydrogen (secondary N) is 1. The number of rotatable bonds is 7. The fourth-order valence-corrected chi connectivity index (χ4v) is 3.99. The van der Waals surface area contributed by atoms with Crippen LogP contribution in [0.1, 0.15) is 36.4 Å². The minimum atomic E-state index is -4.37. The zero-order valence-electron chi connectivity index (χ0n) is 17.3. The molecule has 3 N–H and O–H groups in total. The smallest absolute Gasteiger partial charge is 0.382 e. The van der Waals surface area contributed by atoms with Crippen molar-refractivity contribution in [3.8, 4) is 0 Å². The largest absolute Gasteiger partial charge is 0.416 e. The quantitative estimate of drug-likeness (QED) is 0.578. The number of fused-ring (bicyclic) bond motifs is 1. The van der Waals surface area contributed by atoms with Crippen LogP contribution in [-0.2, 0) is 17.5 Å². The van der Waals surface area contributed by atoms with Crippen LogP contribution in [0.15, 0.2) is 36.9 Å². The fourth-order valence-electron chi connectivity index (χ4n) is 3.99. The lowest BCUT2D eigenvalue weighted by Crippen LogP contribution is -2.37. The van der Waals surface area contributed by atoms with Crippen molar-refractivity contribution >= 4 is 22.9 Å². The van der Waals surface area contributed by atoms with Gasteiger partial charge in [0, 0.05) is 19.5 Å². The van der Waals surface area contributed by atoms with Gasteiger partial charge in [-0.15, -0.1) is 0 Å². The summed E-state index contributed by atoms with van der Waals surface area (Å²) in [5.74, 6) is 0.119. The van der Waals surface area contributed by atoms with Crippen LogP contribution in [-0.4, -0.2) is 50.0 Å². The van der Waals surface area contributed by atoms with E-state index in [4.69, 9.17) is 5.73 Å². The number of aryl methyl sites for hydroxylation is 1. The molecule has 0 bridgehead atoms. The first kappa shape index (κ1) is 22.0. The predicted molar refractivity (Wildman–Crippen MR) is 112 cm³/mol. The van der Waals surface area contributed by atoms with Gasteiger partial charge in [0.05, 0.1) is 17.9 Å². The Labute approximate surface area is 182 Å². The van der Waals surface area contributed by atoms with E-state index in [1.54, 1.807) is 10.9 Å². The Bertz CT molecular complexity index is 1080. The molecule has 3 aromatic rings. The summed E-state index contributed by atoms with van der Waals surface area (Å²) < 4.78 is 40.5. The molecule has 1 unspecified atom stereocenters. The second kappa shape index (κ2) is 9.11. The van der Waals surface area contributed by atoms with Gasteiger partial charge in [0.15, 0.2) is 11.5 Å². The van der Waals surface area contributed by atoms with Crippen molar-refractivity contribution in [2.24, 2.45) is 0 Å². The lowest BCUT2D eigenvalue weighted by atomic mass is 10.0. The van der Waals surface area contributed by atoms with Crippen LogP contribution in [0.4, 0.5) is 19.0 Å². The van der Waals surface area contributed by atoms with Gasteiger partial charge in [0.2, 0.25) is 5.91 Å². The number of carbonyl (C=O) groups excluding carboxylic acids is 1. The van der Waals surface area contributed by atoms with E-state index in [-0.39, 0.29) is 24.2 Å². The number of anilines is 1. The van der Waals surface area contributed by atoms with Crippen molar-refractivity contribution < 1.29 is 18.0 Å². The number of carbonyl (C=O) groups is 1. The molecule has 4 rings (SSSR count). The molecule has 1 aromatic carbocycles. The minimum absolute atomic E-state index is 0.162. The van der Waals surface area contributed by atoms with Crippen LogP contribution in [0.5, 0.6) is 0 Å².